The fourth-order valence-corrected chi connectivity index (χ4v) is 13.8. The van der Waals surface area contributed by atoms with Crippen LogP contribution in [0.3, 0.4) is 0 Å². The van der Waals surface area contributed by atoms with E-state index in [0.29, 0.717) is 63.8 Å². The van der Waals surface area contributed by atoms with Gasteiger partial charge in [-0.1, -0.05) is 87.0 Å². The molecule has 4 fully saturated rings. The van der Waals surface area contributed by atoms with Gasteiger partial charge in [0.1, 0.15) is 18.7 Å². The number of fused-ring (bicyclic) bond motifs is 9. The first-order chi connectivity index (χ1) is 41.4. The second-order valence-corrected chi connectivity index (χ2v) is 23.9. The van der Waals surface area contributed by atoms with Crippen molar-refractivity contribution < 1.29 is 72.2 Å². The summed E-state index contributed by atoms with van der Waals surface area (Å²) in [7, 11) is 0. The lowest BCUT2D eigenvalue weighted by atomic mass is 9.49. The molecule has 5 amide bonds. The van der Waals surface area contributed by atoms with Crippen LogP contribution in [0.4, 0.5) is 11.4 Å². The Balaban J connectivity index is 0.607. The Kier molecular flexibility index (Phi) is 21.4. The lowest BCUT2D eigenvalue weighted by molar-refractivity contribution is -0.197. The standard InChI is InChI=1S/C66H83N5O15/c1-40(2)61(70-58(77)24-26-81-28-30-83-32-33-84-31-29-82-27-25-67-57(76)22-23-59(78)71-38-46-11-6-8-12-49(46)41(3)34-45-10-7-9-13-53(45)71)63(80)68-42(4)62(79)69-47-17-14-43(15-18-47)64-85-56-36-52-51-20-16-44-35-48(73)19-21-50(44)60(51)54(74)37-65(52,5)66(56,86-64)55(75)39-72/h6-15,17-19,21,34-35,40,42,50-52,54,56,60-61,64,72,74H,16,20,22-33,36-39H2,1-5H3,(H,67,76)(H,68,80)(H,69,79)(H,70,77)/b41-34-/t42-,50?,51+,52+,54+,56-,60-,61-,64-,65+,66-/m0/s1. The van der Waals surface area contributed by atoms with Crippen LogP contribution >= 0.6 is 0 Å². The highest BCUT2D eigenvalue weighted by Crippen LogP contribution is 2.69. The van der Waals surface area contributed by atoms with E-state index in [9.17, 15) is 43.8 Å². The van der Waals surface area contributed by atoms with Crippen molar-refractivity contribution in [1.82, 2.24) is 16.0 Å². The molecule has 20 nitrogen and oxygen atoms in total. The summed E-state index contributed by atoms with van der Waals surface area (Å²) in [5.41, 5.74) is 4.77. The molecule has 1 saturated heterocycles. The molecule has 3 aromatic carbocycles. The number of allylic oxidation sites excluding steroid dienone is 5. The monoisotopic (exact) mass is 1190 g/mol. The predicted molar refractivity (Wildman–Crippen MR) is 319 cm³/mol. The Morgan fingerprint density at radius 1 is 0.791 bits per heavy atom. The van der Waals surface area contributed by atoms with Crippen LogP contribution < -0.4 is 26.2 Å². The summed E-state index contributed by atoms with van der Waals surface area (Å²) in [6.07, 6.45) is 7.30. The molecule has 86 heavy (non-hydrogen) atoms. The van der Waals surface area contributed by atoms with Crippen molar-refractivity contribution in [2.45, 2.75) is 122 Å². The first-order valence-corrected chi connectivity index (χ1v) is 30.2. The normalized spacial score (nSPS) is 26.6. The maximum atomic E-state index is 13.9. The number of nitrogens with one attached hydrogen (secondary N) is 4. The Bertz CT molecular complexity index is 3050. The summed E-state index contributed by atoms with van der Waals surface area (Å²) in [6.45, 7) is 11.4. The molecule has 1 unspecified atom stereocenters. The summed E-state index contributed by atoms with van der Waals surface area (Å²) in [4.78, 5) is 93.6. The third-order valence-corrected chi connectivity index (χ3v) is 18.1. The number of carbonyl (C=O) groups is 7. The SMILES string of the molecule is C/C1=C/c2ccccc2N(C(=O)CCC(=O)NCCOCCOCCOCCOCCC(=O)N[C@H](C(=O)N[C@@H](C)C(=O)Nc2ccc([C@H]3O[C@H]4C[C@@H]5[C@H]6CCC7=CC(=O)C=CC7[C@@H]6[C@H](O)C[C@@]5(C)[C@@]4(C(=O)CO)O3)cc2)C(C)C)Cc2ccccc21. The lowest BCUT2D eigenvalue weighted by Gasteiger charge is -2.56. The van der Waals surface area contributed by atoms with Crippen LogP contribution in [0.25, 0.3) is 11.6 Å². The van der Waals surface area contributed by atoms with Gasteiger partial charge in [-0.25, -0.2) is 0 Å². The number of nitrogens with zero attached hydrogens (tertiary/aromatic N) is 1. The Morgan fingerprint density at radius 2 is 1.48 bits per heavy atom. The number of hydrogen-bond acceptors (Lipinski definition) is 15. The number of ketones is 2. The van der Waals surface area contributed by atoms with Gasteiger partial charge in [-0.15, -0.1) is 0 Å². The van der Waals surface area contributed by atoms with Crippen molar-refractivity contribution in [1.29, 1.82) is 0 Å². The van der Waals surface area contributed by atoms with Crippen molar-refractivity contribution in [3.63, 3.8) is 0 Å². The van der Waals surface area contributed by atoms with Crippen LogP contribution in [0.2, 0.25) is 0 Å². The van der Waals surface area contributed by atoms with Gasteiger partial charge >= 0.3 is 0 Å². The summed E-state index contributed by atoms with van der Waals surface area (Å²) in [5, 5.41) is 33.3. The van der Waals surface area contributed by atoms with Gasteiger partial charge in [0.25, 0.3) is 0 Å². The highest BCUT2D eigenvalue weighted by molar-refractivity contribution is 6.01. The number of hydrogen-bond donors (Lipinski definition) is 6. The van der Waals surface area contributed by atoms with E-state index >= 15 is 0 Å². The van der Waals surface area contributed by atoms with E-state index < -0.39 is 71.7 Å². The first-order valence-electron chi connectivity index (χ1n) is 30.2. The number of amides is 5. The number of benzene rings is 3. The van der Waals surface area contributed by atoms with Crippen molar-refractivity contribution in [2.75, 3.05) is 76.2 Å². The fourth-order valence-electron chi connectivity index (χ4n) is 13.8. The van der Waals surface area contributed by atoms with E-state index in [4.69, 9.17) is 28.4 Å². The van der Waals surface area contributed by atoms with Gasteiger partial charge in [-0.3, -0.25) is 33.6 Å². The molecule has 6 aliphatic rings. The maximum absolute atomic E-state index is 13.9. The van der Waals surface area contributed by atoms with Crippen molar-refractivity contribution in [2.24, 2.45) is 35.0 Å². The molecule has 2 aliphatic heterocycles. The first kappa shape index (κ1) is 63.7. The molecule has 462 valence electrons. The van der Waals surface area contributed by atoms with E-state index in [1.807, 2.05) is 55.5 Å². The Hall–Kier alpha value is -6.75. The number of aliphatic hydroxyl groups is 2. The Morgan fingerprint density at radius 3 is 2.20 bits per heavy atom. The average molecular weight is 1190 g/mol. The van der Waals surface area contributed by atoms with Gasteiger partial charge in [0.15, 0.2) is 23.5 Å². The summed E-state index contributed by atoms with van der Waals surface area (Å²) >= 11 is 0. The van der Waals surface area contributed by atoms with Gasteiger partial charge < -0.3 is 64.8 Å². The van der Waals surface area contributed by atoms with E-state index in [0.717, 1.165) is 46.4 Å². The van der Waals surface area contributed by atoms with Crippen LogP contribution in [-0.4, -0.2) is 147 Å². The molecule has 6 N–H and O–H groups in total. The van der Waals surface area contributed by atoms with Gasteiger partial charge in [0, 0.05) is 48.4 Å². The number of rotatable bonds is 27. The highest BCUT2D eigenvalue weighted by Gasteiger charge is 2.75. The van der Waals surface area contributed by atoms with Gasteiger partial charge in [-0.2, -0.15) is 0 Å². The van der Waals surface area contributed by atoms with E-state index in [1.165, 1.54) is 6.92 Å². The van der Waals surface area contributed by atoms with Gasteiger partial charge in [-0.05, 0) is 122 Å². The third kappa shape index (κ3) is 14.3. The number of para-hydroxylation sites is 1. The minimum Gasteiger partial charge on any atom is -0.393 e. The van der Waals surface area contributed by atoms with Crippen LogP contribution in [0.15, 0.2) is 96.6 Å². The molecule has 4 aliphatic carbocycles. The molecule has 11 atom stereocenters. The molecule has 2 heterocycles. The molecule has 3 saturated carbocycles. The molecule has 3 aromatic rings. The highest BCUT2D eigenvalue weighted by atomic mass is 16.7. The van der Waals surface area contributed by atoms with E-state index in [1.54, 1.807) is 55.2 Å². The number of Topliss-reactive ketones (excluding diaryl/α,β-unsaturated/α-hetero) is 1. The smallest absolute Gasteiger partial charge is 0.246 e. The molecular formula is C66H83N5O15. The third-order valence-electron chi connectivity index (χ3n) is 18.1. The average Bonchev–Trinajstić information content (AvgIpc) is 1.52. The molecule has 0 aromatic heterocycles. The van der Waals surface area contributed by atoms with Gasteiger partial charge in [0.2, 0.25) is 29.5 Å². The minimum absolute atomic E-state index is 0.000935. The number of carbonyl (C=O) groups excluding carboxylic acids is 7. The Labute approximate surface area is 502 Å². The second kappa shape index (κ2) is 28.8. The molecule has 0 radical (unpaired) electrons. The predicted octanol–water partition coefficient (Wildman–Crippen LogP) is 5.94. The second-order valence-electron chi connectivity index (χ2n) is 23.9. The zero-order valence-electron chi connectivity index (χ0n) is 49.9. The molecule has 0 spiro atoms. The largest absolute Gasteiger partial charge is 0.393 e. The van der Waals surface area contributed by atoms with Crippen LogP contribution in [0.1, 0.15) is 108 Å². The molecule has 0 bridgehead atoms. The van der Waals surface area contributed by atoms with Crippen molar-refractivity contribution in [3.05, 3.63) is 119 Å². The summed E-state index contributed by atoms with van der Waals surface area (Å²) in [5.74, 6) is -2.71. The minimum atomic E-state index is -1.50. The van der Waals surface area contributed by atoms with E-state index in [2.05, 4.69) is 40.3 Å². The lowest BCUT2D eigenvalue weighted by Crippen LogP contribution is -2.62. The van der Waals surface area contributed by atoms with Crippen molar-refractivity contribution in [3.8, 4) is 0 Å². The van der Waals surface area contributed by atoms with E-state index in [-0.39, 0.29) is 92.7 Å². The topological polar surface area (TPSA) is 267 Å². The number of ether oxygens (including phenoxy) is 6. The quantitative estimate of drug-likeness (QED) is 0.0482. The van der Waals surface area contributed by atoms with Crippen LogP contribution in [-0.2, 0) is 68.5 Å². The van der Waals surface area contributed by atoms with Crippen LogP contribution in [0, 0.1) is 35.0 Å². The van der Waals surface area contributed by atoms with Gasteiger partial charge in [0.05, 0.1) is 77.3 Å². The summed E-state index contributed by atoms with van der Waals surface area (Å²) < 4.78 is 35.5. The molecular weight excluding hydrogens is 1100 g/mol. The summed E-state index contributed by atoms with van der Waals surface area (Å²) in [6, 6.07) is 20.7. The molecule has 9 rings (SSSR count). The van der Waals surface area contributed by atoms with Crippen LogP contribution in [0.5, 0.6) is 0 Å². The number of anilines is 2. The maximum Gasteiger partial charge on any atom is 0.246 e. The zero-order valence-corrected chi connectivity index (χ0v) is 49.9. The van der Waals surface area contributed by atoms with Crippen molar-refractivity contribution >= 4 is 64.1 Å². The zero-order chi connectivity index (χ0) is 61.1. The molecule has 20 heteroatoms. The fraction of sp³-hybridized carbons (Fsp3) is 0.530. The number of aliphatic hydroxyl groups excluding tert-OH is 2.